The van der Waals surface area contributed by atoms with Crippen LogP contribution in [-0.2, 0) is 0 Å². The molecule has 0 unspecified atom stereocenters. The molecule has 0 aromatic rings. The van der Waals surface area contributed by atoms with Gasteiger partial charge in [0, 0.05) is 0 Å². The van der Waals surface area contributed by atoms with Gasteiger partial charge in [0.25, 0.3) is 0 Å². The van der Waals surface area contributed by atoms with E-state index in [-0.39, 0.29) is 5.90 Å². The summed E-state index contributed by atoms with van der Waals surface area (Å²) in [7, 11) is 0. The van der Waals surface area contributed by atoms with E-state index < -0.39 is 0 Å². The van der Waals surface area contributed by atoms with Gasteiger partial charge >= 0.3 is 0 Å². The Morgan fingerprint density at radius 3 is 2.88 bits per heavy atom. The lowest BCUT2D eigenvalue weighted by Crippen LogP contribution is -2.10. The van der Waals surface area contributed by atoms with Crippen molar-refractivity contribution in [2.24, 2.45) is 4.99 Å². The molecule has 0 saturated carbocycles. The SMILES string of the molecule is OC1=NCNC1=C=S. The highest BCUT2D eigenvalue weighted by atomic mass is 32.1. The molecular weight excluding hydrogens is 124 g/mol. The topological polar surface area (TPSA) is 44.6 Å². The third kappa shape index (κ3) is 0.710. The Hall–Kier alpha value is -0.860. The monoisotopic (exact) mass is 128 g/mol. The summed E-state index contributed by atoms with van der Waals surface area (Å²) in [4.78, 5) is 3.58. The number of nitrogens with zero attached hydrogens (tertiary/aromatic N) is 1. The lowest BCUT2D eigenvalue weighted by molar-refractivity contribution is 0.556. The molecule has 1 aliphatic rings. The summed E-state index contributed by atoms with van der Waals surface area (Å²) >= 11 is 4.40. The van der Waals surface area contributed by atoms with Gasteiger partial charge in [-0.15, -0.1) is 0 Å². The van der Waals surface area contributed by atoms with Crippen molar-refractivity contribution >= 4 is 23.1 Å². The van der Waals surface area contributed by atoms with E-state index in [1.807, 2.05) is 0 Å². The predicted molar refractivity (Wildman–Crippen MR) is 34.2 cm³/mol. The van der Waals surface area contributed by atoms with E-state index in [0.717, 1.165) is 0 Å². The van der Waals surface area contributed by atoms with E-state index in [0.29, 0.717) is 12.4 Å². The van der Waals surface area contributed by atoms with Crippen molar-refractivity contribution in [3.05, 3.63) is 5.70 Å². The maximum atomic E-state index is 8.71. The van der Waals surface area contributed by atoms with Crippen LogP contribution in [0, 0.1) is 0 Å². The number of aliphatic hydroxyl groups excluding tert-OH is 1. The highest BCUT2D eigenvalue weighted by Crippen LogP contribution is 1.92. The van der Waals surface area contributed by atoms with Crippen LogP contribution in [0.2, 0.25) is 0 Å². The lowest BCUT2D eigenvalue weighted by atomic mass is 10.5. The molecule has 0 bridgehead atoms. The molecule has 0 atom stereocenters. The van der Waals surface area contributed by atoms with E-state index >= 15 is 0 Å². The number of hydrogen-bond acceptors (Lipinski definition) is 3. The van der Waals surface area contributed by atoms with Gasteiger partial charge in [0.2, 0.25) is 5.90 Å². The summed E-state index contributed by atoms with van der Waals surface area (Å²) in [5, 5.41) is 13.7. The van der Waals surface area contributed by atoms with Crippen molar-refractivity contribution in [2.45, 2.75) is 0 Å². The van der Waals surface area contributed by atoms with E-state index in [9.17, 15) is 0 Å². The van der Waals surface area contributed by atoms with Crippen molar-refractivity contribution in [1.29, 1.82) is 0 Å². The quantitative estimate of drug-likeness (QED) is 0.451. The van der Waals surface area contributed by atoms with Crippen molar-refractivity contribution in [3.63, 3.8) is 0 Å². The summed E-state index contributed by atoms with van der Waals surface area (Å²) < 4.78 is 0. The zero-order valence-electron chi connectivity index (χ0n) is 4.01. The van der Waals surface area contributed by atoms with Gasteiger partial charge in [-0.3, -0.25) is 0 Å². The third-order valence-corrected chi connectivity index (χ3v) is 1.01. The molecule has 1 rings (SSSR count). The van der Waals surface area contributed by atoms with Crippen molar-refractivity contribution in [1.82, 2.24) is 5.32 Å². The fraction of sp³-hybridized carbons (Fsp3) is 0.250. The first-order valence-electron chi connectivity index (χ1n) is 2.07. The Labute approximate surface area is 51.7 Å². The third-order valence-electron chi connectivity index (χ3n) is 0.810. The molecule has 0 fully saturated rings. The van der Waals surface area contributed by atoms with Gasteiger partial charge in [0.1, 0.15) is 6.67 Å². The summed E-state index contributed by atoms with van der Waals surface area (Å²) in [6.07, 6.45) is 0. The van der Waals surface area contributed by atoms with Crippen molar-refractivity contribution < 1.29 is 5.11 Å². The maximum absolute atomic E-state index is 8.71. The highest BCUT2D eigenvalue weighted by Gasteiger charge is 2.08. The molecule has 1 aliphatic heterocycles. The molecule has 42 valence electrons. The number of aliphatic imine (C=N–C) groups is 1. The van der Waals surface area contributed by atoms with E-state index in [1.165, 1.54) is 0 Å². The summed E-state index contributed by atoms with van der Waals surface area (Å²) in [6, 6.07) is 0. The maximum Gasteiger partial charge on any atom is 0.241 e. The second-order valence-electron chi connectivity index (χ2n) is 1.29. The molecule has 0 saturated heterocycles. The van der Waals surface area contributed by atoms with Crippen LogP contribution < -0.4 is 5.32 Å². The van der Waals surface area contributed by atoms with Crippen LogP contribution >= 0.6 is 12.2 Å². The van der Waals surface area contributed by atoms with Gasteiger partial charge in [0.05, 0.1) is 0 Å². The van der Waals surface area contributed by atoms with E-state index in [2.05, 4.69) is 27.5 Å². The zero-order valence-corrected chi connectivity index (χ0v) is 4.83. The van der Waals surface area contributed by atoms with Crippen LogP contribution in [0.4, 0.5) is 0 Å². The van der Waals surface area contributed by atoms with Gasteiger partial charge in [-0.2, -0.15) is 0 Å². The molecule has 0 aromatic heterocycles. The molecular formula is C4H4N2OS. The number of nitrogens with one attached hydrogen (secondary N) is 1. The molecule has 0 spiro atoms. The Bertz CT molecular complexity index is 180. The van der Waals surface area contributed by atoms with Gasteiger partial charge in [-0.1, -0.05) is 0 Å². The molecule has 4 heteroatoms. The fourth-order valence-corrected chi connectivity index (χ4v) is 0.597. The Balaban J connectivity index is 2.89. The van der Waals surface area contributed by atoms with Gasteiger partial charge in [0.15, 0.2) is 5.70 Å². The molecule has 8 heavy (non-hydrogen) atoms. The minimum absolute atomic E-state index is 0.0417. The van der Waals surface area contributed by atoms with Crippen LogP contribution in [0.3, 0.4) is 0 Å². The molecule has 0 radical (unpaired) electrons. The smallest absolute Gasteiger partial charge is 0.241 e. The summed E-state index contributed by atoms with van der Waals surface area (Å²) in [5.41, 5.74) is 0.417. The summed E-state index contributed by atoms with van der Waals surface area (Å²) in [6.45, 7) is 0.408. The normalized spacial score (nSPS) is 17.0. The van der Waals surface area contributed by atoms with Crippen molar-refractivity contribution in [2.75, 3.05) is 6.67 Å². The average molecular weight is 128 g/mol. The van der Waals surface area contributed by atoms with Gasteiger partial charge < -0.3 is 10.4 Å². The molecule has 0 aliphatic carbocycles. The molecule has 3 nitrogen and oxygen atoms in total. The van der Waals surface area contributed by atoms with Crippen LogP contribution in [0.5, 0.6) is 0 Å². The van der Waals surface area contributed by atoms with Gasteiger partial charge in [-0.25, -0.2) is 4.99 Å². The van der Waals surface area contributed by atoms with E-state index in [1.54, 1.807) is 0 Å². The molecule has 0 amide bonds. The minimum atomic E-state index is -0.0417. The molecule has 0 aromatic carbocycles. The summed E-state index contributed by atoms with van der Waals surface area (Å²) in [5.74, 6) is -0.0417. The molecule has 1 heterocycles. The number of rotatable bonds is 0. The van der Waals surface area contributed by atoms with Crippen LogP contribution in [0.15, 0.2) is 10.7 Å². The van der Waals surface area contributed by atoms with Crippen LogP contribution in [-0.4, -0.2) is 22.7 Å². The zero-order chi connectivity index (χ0) is 5.98. The first-order chi connectivity index (χ1) is 3.84. The highest BCUT2D eigenvalue weighted by molar-refractivity contribution is 7.78. The second kappa shape index (κ2) is 1.94. The Morgan fingerprint density at radius 2 is 2.62 bits per heavy atom. The standard InChI is InChI=1S/C4H4N2OS/c7-4-3(1-8)5-2-6-4/h5H,2H2,(H,6,7). The van der Waals surface area contributed by atoms with E-state index in [4.69, 9.17) is 5.11 Å². The Morgan fingerprint density at radius 1 is 1.88 bits per heavy atom. The van der Waals surface area contributed by atoms with Gasteiger partial charge in [-0.05, 0) is 17.2 Å². The number of thiocarbonyl (C=S) groups is 1. The first kappa shape index (κ1) is 5.28. The predicted octanol–water partition coefficient (Wildman–Crippen LogP) is -0.0139. The largest absolute Gasteiger partial charge is 0.492 e. The average Bonchev–Trinajstić information content (AvgIpc) is 2.14. The molecule has 2 N–H and O–H groups in total. The minimum Gasteiger partial charge on any atom is -0.492 e. The lowest BCUT2D eigenvalue weighted by Gasteiger charge is -1.87. The first-order valence-corrected chi connectivity index (χ1v) is 2.48. The Kier molecular flexibility index (Phi) is 1.28. The van der Waals surface area contributed by atoms with Crippen LogP contribution in [0.25, 0.3) is 0 Å². The van der Waals surface area contributed by atoms with Crippen molar-refractivity contribution in [3.8, 4) is 0 Å². The fourth-order valence-electron chi connectivity index (χ4n) is 0.433. The number of aliphatic hydroxyl groups is 1. The van der Waals surface area contributed by atoms with Crippen LogP contribution in [0.1, 0.15) is 0 Å². The number of hydrogen-bond donors (Lipinski definition) is 2. The second-order valence-corrected chi connectivity index (χ2v) is 1.50.